The lowest BCUT2D eigenvalue weighted by Crippen LogP contribution is -2.41. The van der Waals surface area contributed by atoms with Crippen LogP contribution in [-0.4, -0.2) is 26.8 Å². The molecule has 0 radical (unpaired) electrons. The molecular formula is C18H18FN5O. The van der Waals surface area contributed by atoms with Crippen molar-refractivity contribution in [1.82, 2.24) is 20.1 Å². The number of carbonyl (C=O) groups is 1. The minimum Gasteiger partial charge on any atom is -0.335 e. The van der Waals surface area contributed by atoms with Gasteiger partial charge < -0.3 is 15.2 Å². The number of halogens is 1. The van der Waals surface area contributed by atoms with Crippen molar-refractivity contribution in [3.63, 3.8) is 0 Å². The van der Waals surface area contributed by atoms with E-state index in [1.165, 1.54) is 6.07 Å². The summed E-state index contributed by atoms with van der Waals surface area (Å²) in [6.45, 7) is 0. The molecule has 0 aliphatic heterocycles. The highest BCUT2D eigenvalue weighted by atomic mass is 19.1. The fraction of sp³-hybridized carbons (Fsp3) is 0.222. The van der Waals surface area contributed by atoms with Crippen LogP contribution in [-0.2, 0) is 12.8 Å². The molecule has 3 N–H and O–H groups in total. The van der Waals surface area contributed by atoms with E-state index in [4.69, 9.17) is 0 Å². The van der Waals surface area contributed by atoms with Crippen LogP contribution in [0.3, 0.4) is 0 Å². The number of H-pyrrole nitrogens is 1. The highest BCUT2D eigenvalue weighted by molar-refractivity contribution is 5.90. The van der Waals surface area contributed by atoms with Crippen LogP contribution in [0.2, 0.25) is 0 Å². The van der Waals surface area contributed by atoms with Crippen molar-refractivity contribution < 1.29 is 9.18 Å². The van der Waals surface area contributed by atoms with Gasteiger partial charge in [-0.25, -0.2) is 9.18 Å². The molecule has 0 saturated heterocycles. The monoisotopic (exact) mass is 339 g/mol. The summed E-state index contributed by atoms with van der Waals surface area (Å²) in [6, 6.07) is 8.02. The highest BCUT2D eigenvalue weighted by Crippen LogP contribution is 2.21. The summed E-state index contributed by atoms with van der Waals surface area (Å²) >= 11 is 0. The lowest BCUT2D eigenvalue weighted by atomic mass is 9.94. The summed E-state index contributed by atoms with van der Waals surface area (Å²) in [4.78, 5) is 12.3. The van der Waals surface area contributed by atoms with Crippen LogP contribution in [0.15, 0.2) is 48.9 Å². The van der Waals surface area contributed by atoms with Gasteiger partial charge in [-0.2, -0.15) is 5.10 Å². The molecule has 1 aliphatic carbocycles. The van der Waals surface area contributed by atoms with E-state index in [1.54, 1.807) is 18.3 Å². The van der Waals surface area contributed by atoms with Gasteiger partial charge >= 0.3 is 6.03 Å². The third-order valence-electron chi connectivity index (χ3n) is 4.45. The minimum absolute atomic E-state index is 0.0146. The Morgan fingerprint density at radius 1 is 1.32 bits per heavy atom. The summed E-state index contributed by atoms with van der Waals surface area (Å²) in [6.07, 6.45) is 7.92. The molecule has 1 atom stereocenters. The second-order valence-corrected chi connectivity index (χ2v) is 6.17. The number of aromatic nitrogens is 3. The number of aryl methyl sites for hydroxylation is 1. The first-order valence-corrected chi connectivity index (χ1v) is 8.20. The van der Waals surface area contributed by atoms with Crippen LogP contribution < -0.4 is 10.6 Å². The molecule has 1 aromatic carbocycles. The zero-order valence-electron chi connectivity index (χ0n) is 13.5. The molecular weight excluding hydrogens is 321 g/mol. The van der Waals surface area contributed by atoms with E-state index in [0.717, 1.165) is 36.2 Å². The quantitative estimate of drug-likeness (QED) is 0.686. The smallest absolute Gasteiger partial charge is 0.319 e. The SMILES string of the molecule is O=C(Nc1cc(-n2cccc2)ccc1F)N[C@H]1CCc2[nH]ncc2C1. The summed E-state index contributed by atoms with van der Waals surface area (Å²) < 4.78 is 15.9. The largest absolute Gasteiger partial charge is 0.335 e. The number of anilines is 1. The molecule has 128 valence electrons. The topological polar surface area (TPSA) is 74.7 Å². The van der Waals surface area contributed by atoms with Gasteiger partial charge in [0.25, 0.3) is 0 Å². The molecule has 2 heterocycles. The van der Waals surface area contributed by atoms with Gasteiger partial charge in [0, 0.05) is 29.8 Å². The molecule has 4 rings (SSSR count). The number of nitrogens with one attached hydrogen (secondary N) is 3. The Morgan fingerprint density at radius 2 is 2.16 bits per heavy atom. The van der Waals surface area contributed by atoms with Crippen molar-refractivity contribution in [3.05, 3.63) is 66.0 Å². The third kappa shape index (κ3) is 3.26. The second kappa shape index (κ2) is 6.43. The lowest BCUT2D eigenvalue weighted by Gasteiger charge is -2.23. The molecule has 1 aliphatic rings. The van der Waals surface area contributed by atoms with Gasteiger partial charge in [-0.3, -0.25) is 5.10 Å². The summed E-state index contributed by atoms with van der Waals surface area (Å²) in [5.74, 6) is -0.466. The van der Waals surface area contributed by atoms with E-state index in [-0.39, 0.29) is 11.7 Å². The third-order valence-corrected chi connectivity index (χ3v) is 4.45. The van der Waals surface area contributed by atoms with Gasteiger partial charge in [0.2, 0.25) is 0 Å². The van der Waals surface area contributed by atoms with Crippen molar-refractivity contribution in [2.45, 2.75) is 25.3 Å². The van der Waals surface area contributed by atoms with Crippen molar-refractivity contribution >= 4 is 11.7 Å². The van der Waals surface area contributed by atoms with E-state index >= 15 is 0 Å². The van der Waals surface area contributed by atoms with Gasteiger partial charge in [-0.15, -0.1) is 0 Å². The van der Waals surface area contributed by atoms with Crippen LogP contribution in [0.5, 0.6) is 0 Å². The molecule has 2 amide bonds. The predicted octanol–water partition coefficient (Wildman–Crippen LogP) is 3.02. The maximum Gasteiger partial charge on any atom is 0.319 e. The molecule has 2 aromatic heterocycles. The standard InChI is InChI=1S/C18H18FN5O/c19-15-5-4-14(24-7-1-2-8-24)10-17(15)22-18(25)21-13-3-6-16-12(9-13)11-20-23-16/h1-2,4-5,7-8,10-11,13H,3,6,9H2,(H,20,23)(H2,21,22,25)/t13-/m0/s1. The number of rotatable bonds is 3. The van der Waals surface area contributed by atoms with Crippen molar-refractivity contribution in [2.24, 2.45) is 0 Å². The van der Waals surface area contributed by atoms with Gasteiger partial charge in [-0.05, 0) is 55.2 Å². The Labute approximate surface area is 144 Å². The molecule has 0 fully saturated rings. The Kier molecular flexibility index (Phi) is 3.97. The lowest BCUT2D eigenvalue weighted by molar-refractivity contribution is 0.247. The molecule has 6 nitrogen and oxygen atoms in total. The fourth-order valence-corrected chi connectivity index (χ4v) is 3.16. The number of carbonyl (C=O) groups excluding carboxylic acids is 1. The second-order valence-electron chi connectivity index (χ2n) is 6.17. The zero-order valence-corrected chi connectivity index (χ0v) is 13.5. The Hall–Kier alpha value is -3.09. The molecule has 25 heavy (non-hydrogen) atoms. The molecule has 0 bridgehead atoms. The average molecular weight is 339 g/mol. The van der Waals surface area contributed by atoms with Crippen molar-refractivity contribution in [1.29, 1.82) is 0 Å². The van der Waals surface area contributed by atoms with Crippen LogP contribution in [0.4, 0.5) is 14.9 Å². The number of hydrogen-bond acceptors (Lipinski definition) is 2. The number of benzene rings is 1. The van der Waals surface area contributed by atoms with Gasteiger partial charge in [-0.1, -0.05) is 0 Å². The summed E-state index contributed by atoms with van der Waals surface area (Å²) in [5.41, 5.74) is 3.19. The highest BCUT2D eigenvalue weighted by Gasteiger charge is 2.21. The Morgan fingerprint density at radius 3 is 3.00 bits per heavy atom. The van der Waals surface area contributed by atoms with Crippen LogP contribution in [0.25, 0.3) is 5.69 Å². The van der Waals surface area contributed by atoms with E-state index in [2.05, 4.69) is 20.8 Å². The van der Waals surface area contributed by atoms with Crippen LogP contribution >= 0.6 is 0 Å². The Balaban J connectivity index is 1.43. The number of fused-ring (bicyclic) bond motifs is 1. The Bertz CT molecular complexity index is 887. The van der Waals surface area contributed by atoms with Gasteiger partial charge in [0.15, 0.2) is 0 Å². The number of hydrogen-bond donors (Lipinski definition) is 3. The number of urea groups is 1. The van der Waals surface area contributed by atoms with Gasteiger partial charge in [0.05, 0.1) is 11.9 Å². The number of amides is 2. The zero-order chi connectivity index (χ0) is 17.2. The first kappa shape index (κ1) is 15.4. The van der Waals surface area contributed by atoms with E-state index < -0.39 is 11.8 Å². The average Bonchev–Trinajstić information content (AvgIpc) is 3.27. The molecule has 0 saturated carbocycles. The summed E-state index contributed by atoms with van der Waals surface area (Å²) in [5, 5.41) is 12.5. The molecule has 0 unspecified atom stereocenters. The van der Waals surface area contributed by atoms with Crippen molar-refractivity contribution in [2.75, 3.05) is 5.32 Å². The van der Waals surface area contributed by atoms with Crippen LogP contribution in [0, 0.1) is 5.82 Å². The molecule has 7 heteroatoms. The maximum absolute atomic E-state index is 14.0. The normalized spacial score (nSPS) is 16.3. The summed E-state index contributed by atoms with van der Waals surface area (Å²) in [7, 11) is 0. The van der Waals surface area contributed by atoms with E-state index in [0.29, 0.717) is 0 Å². The number of aromatic amines is 1. The van der Waals surface area contributed by atoms with Crippen LogP contribution in [0.1, 0.15) is 17.7 Å². The number of nitrogens with zero attached hydrogens (tertiary/aromatic N) is 2. The van der Waals surface area contributed by atoms with Gasteiger partial charge in [0.1, 0.15) is 5.82 Å². The van der Waals surface area contributed by atoms with E-state index in [1.807, 2.05) is 29.1 Å². The molecule has 0 spiro atoms. The first-order chi connectivity index (χ1) is 12.2. The maximum atomic E-state index is 14.0. The first-order valence-electron chi connectivity index (χ1n) is 8.20. The van der Waals surface area contributed by atoms with E-state index in [9.17, 15) is 9.18 Å². The predicted molar refractivity (Wildman–Crippen MR) is 92.3 cm³/mol. The fourth-order valence-electron chi connectivity index (χ4n) is 3.16. The molecule has 3 aromatic rings. The van der Waals surface area contributed by atoms with Crippen molar-refractivity contribution in [3.8, 4) is 5.69 Å². The minimum atomic E-state index is -0.466.